The van der Waals surface area contributed by atoms with E-state index in [1.165, 1.54) is 39.2 Å². The smallest absolute Gasteiger partial charge is 0.387 e. The van der Waals surface area contributed by atoms with Crippen molar-refractivity contribution in [3.63, 3.8) is 0 Å². The van der Waals surface area contributed by atoms with Gasteiger partial charge in [-0.25, -0.2) is 0 Å². The van der Waals surface area contributed by atoms with Crippen molar-refractivity contribution in [3.8, 4) is 11.5 Å². The average Bonchev–Trinajstić information content (AvgIpc) is 2.49. The predicted molar refractivity (Wildman–Crippen MR) is 77.9 cm³/mol. The third-order valence-corrected chi connectivity index (χ3v) is 3.96. The monoisotopic (exact) mass is 299 g/mol. The van der Waals surface area contributed by atoms with Crippen molar-refractivity contribution in [2.45, 2.75) is 45.3 Å². The van der Waals surface area contributed by atoms with Crippen LogP contribution in [0.4, 0.5) is 8.78 Å². The van der Waals surface area contributed by atoms with Crippen molar-refractivity contribution in [3.05, 3.63) is 23.8 Å². The van der Waals surface area contributed by atoms with E-state index in [4.69, 9.17) is 4.74 Å². The number of halogens is 2. The number of nitrogens with one attached hydrogen (secondary N) is 1. The Labute approximate surface area is 124 Å². The highest BCUT2D eigenvalue weighted by Crippen LogP contribution is 2.32. The van der Waals surface area contributed by atoms with Crippen LogP contribution in [0.1, 0.15) is 37.7 Å². The van der Waals surface area contributed by atoms with Gasteiger partial charge in [0.2, 0.25) is 0 Å². The first kappa shape index (κ1) is 16.0. The highest BCUT2D eigenvalue weighted by atomic mass is 19.3. The van der Waals surface area contributed by atoms with Crippen LogP contribution in [0.5, 0.6) is 11.5 Å². The van der Waals surface area contributed by atoms with Crippen LogP contribution in [0.25, 0.3) is 0 Å². The average molecular weight is 299 g/mol. The topological polar surface area (TPSA) is 30.5 Å². The zero-order valence-electron chi connectivity index (χ0n) is 12.4. The van der Waals surface area contributed by atoms with Crippen LogP contribution in [0.15, 0.2) is 18.2 Å². The van der Waals surface area contributed by atoms with Gasteiger partial charge in [-0.05, 0) is 31.4 Å². The Balaban J connectivity index is 1.94. The molecule has 2 rings (SSSR count). The summed E-state index contributed by atoms with van der Waals surface area (Å²) < 4.78 is 34.8. The Bertz CT molecular complexity index is 434. The van der Waals surface area contributed by atoms with E-state index < -0.39 is 6.61 Å². The van der Waals surface area contributed by atoms with E-state index in [-0.39, 0.29) is 5.75 Å². The molecule has 1 fully saturated rings. The summed E-state index contributed by atoms with van der Waals surface area (Å²) >= 11 is 0. The molecule has 1 aliphatic carbocycles. The molecule has 0 amide bonds. The molecule has 0 spiro atoms. The summed E-state index contributed by atoms with van der Waals surface area (Å²) in [5.74, 6) is 1.17. The molecule has 0 radical (unpaired) electrons. The third-order valence-electron chi connectivity index (χ3n) is 3.96. The van der Waals surface area contributed by atoms with Gasteiger partial charge < -0.3 is 14.8 Å². The molecule has 0 unspecified atom stereocenters. The summed E-state index contributed by atoms with van der Waals surface area (Å²) in [6.45, 7) is -1.42. The number of hydrogen-bond acceptors (Lipinski definition) is 3. The van der Waals surface area contributed by atoms with E-state index in [2.05, 4.69) is 10.1 Å². The number of ether oxygens (including phenoxy) is 2. The zero-order valence-corrected chi connectivity index (χ0v) is 12.4. The molecule has 1 saturated carbocycles. The predicted octanol–water partition coefficient (Wildman–Crippen LogP) is 3.97. The van der Waals surface area contributed by atoms with Crippen LogP contribution in [0, 0.1) is 5.92 Å². The SMILES string of the molecule is COc1cccc(CNCC2CCCCC2)c1OC(F)F. The molecule has 1 N–H and O–H groups in total. The molecule has 1 aromatic carbocycles. The van der Waals surface area contributed by atoms with Crippen molar-refractivity contribution < 1.29 is 18.3 Å². The molecule has 0 saturated heterocycles. The van der Waals surface area contributed by atoms with E-state index in [0.717, 1.165) is 6.54 Å². The van der Waals surface area contributed by atoms with Crippen LogP contribution in [-0.4, -0.2) is 20.3 Å². The first-order valence-corrected chi connectivity index (χ1v) is 7.52. The first-order valence-electron chi connectivity index (χ1n) is 7.52. The fraction of sp³-hybridized carbons (Fsp3) is 0.625. The van der Waals surface area contributed by atoms with Gasteiger partial charge in [0, 0.05) is 12.1 Å². The van der Waals surface area contributed by atoms with E-state index in [9.17, 15) is 8.78 Å². The van der Waals surface area contributed by atoms with E-state index in [1.807, 2.05) is 0 Å². The van der Waals surface area contributed by atoms with Crippen molar-refractivity contribution in [1.82, 2.24) is 5.32 Å². The first-order chi connectivity index (χ1) is 10.2. The summed E-state index contributed by atoms with van der Waals surface area (Å²) in [6.07, 6.45) is 6.44. The molecule has 1 aromatic rings. The molecule has 0 heterocycles. The van der Waals surface area contributed by atoms with Gasteiger partial charge in [-0.2, -0.15) is 8.78 Å². The van der Waals surface area contributed by atoms with Crippen LogP contribution in [0.2, 0.25) is 0 Å². The summed E-state index contributed by atoms with van der Waals surface area (Å²) in [7, 11) is 1.45. The Hall–Kier alpha value is -1.36. The second-order valence-electron chi connectivity index (χ2n) is 5.46. The molecular formula is C16H23F2NO2. The fourth-order valence-corrected chi connectivity index (χ4v) is 2.89. The van der Waals surface area contributed by atoms with Gasteiger partial charge in [0.05, 0.1) is 7.11 Å². The highest BCUT2D eigenvalue weighted by molar-refractivity contribution is 5.46. The van der Waals surface area contributed by atoms with Crippen molar-refractivity contribution in [1.29, 1.82) is 0 Å². The number of benzene rings is 1. The maximum Gasteiger partial charge on any atom is 0.387 e. The summed E-state index contributed by atoms with van der Waals surface area (Å²) in [6, 6.07) is 5.20. The largest absolute Gasteiger partial charge is 0.493 e. The molecular weight excluding hydrogens is 276 g/mol. The highest BCUT2D eigenvalue weighted by Gasteiger charge is 2.16. The molecule has 118 valence electrons. The van der Waals surface area contributed by atoms with Gasteiger partial charge in [0.1, 0.15) is 0 Å². The summed E-state index contributed by atoms with van der Waals surface area (Å²) in [5.41, 5.74) is 0.699. The maximum atomic E-state index is 12.5. The normalized spacial score (nSPS) is 16.2. The lowest BCUT2D eigenvalue weighted by atomic mass is 9.89. The Kier molecular flexibility index (Phi) is 6.23. The number of hydrogen-bond donors (Lipinski definition) is 1. The summed E-state index contributed by atoms with van der Waals surface area (Å²) in [4.78, 5) is 0. The van der Waals surface area contributed by atoms with Gasteiger partial charge in [0.25, 0.3) is 0 Å². The van der Waals surface area contributed by atoms with Gasteiger partial charge in [0.15, 0.2) is 11.5 Å². The number of alkyl halides is 2. The van der Waals surface area contributed by atoms with Gasteiger partial charge in [-0.15, -0.1) is 0 Å². The van der Waals surface area contributed by atoms with E-state index >= 15 is 0 Å². The van der Waals surface area contributed by atoms with Crippen LogP contribution in [-0.2, 0) is 6.54 Å². The number of rotatable bonds is 7. The fourth-order valence-electron chi connectivity index (χ4n) is 2.89. The van der Waals surface area contributed by atoms with Crippen LogP contribution >= 0.6 is 0 Å². The minimum atomic E-state index is -2.85. The van der Waals surface area contributed by atoms with Crippen molar-refractivity contribution in [2.24, 2.45) is 5.92 Å². The third kappa shape index (κ3) is 4.84. The molecule has 0 bridgehead atoms. The van der Waals surface area contributed by atoms with Crippen molar-refractivity contribution in [2.75, 3.05) is 13.7 Å². The van der Waals surface area contributed by atoms with Crippen LogP contribution in [0.3, 0.4) is 0 Å². The van der Waals surface area contributed by atoms with Gasteiger partial charge in [-0.1, -0.05) is 31.4 Å². The number of para-hydroxylation sites is 1. The van der Waals surface area contributed by atoms with E-state index in [0.29, 0.717) is 23.8 Å². The lowest BCUT2D eigenvalue weighted by Crippen LogP contribution is -2.24. The second-order valence-corrected chi connectivity index (χ2v) is 5.46. The molecule has 0 atom stereocenters. The second kappa shape index (κ2) is 8.17. The van der Waals surface area contributed by atoms with Crippen LogP contribution < -0.4 is 14.8 Å². The lowest BCUT2D eigenvalue weighted by Gasteiger charge is -2.22. The summed E-state index contributed by atoms with van der Waals surface area (Å²) in [5, 5.41) is 3.36. The zero-order chi connectivity index (χ0) is 15.1. The standard InChI is InChI=1S/C16H23F2NO2/c1-20-14-9-5-8-13(15(14)21-16(17)18)11-19-10-12-6-3-2-4-7-12/h5,8-9,12,16,19H,2-4,6-7,10-11H2,1H3. The molecule has 5 heteroatoms. The molecule has 0 aliphatic heterocycles. The molecule has 3 nitrogen and oxygen atoms in total. The van der Waals surface area contributed by atoms with Crippen molar-refractivity contribution >= 4 is 0 Å². The molecule has 0 aromatic heterocycles. The Morgan fingerprint density at radius 2 is 2.00 bits per heavy atom. The van der Waals surface area contributed by atoms with Gasteiger partial charge in [-0.3, -0.25) is 0 Å². The maximum absolute atomic E-state index is 12.5. The van der Waals surface area contributed by atoms with Gasteiger partial charge >= 0.3 is 6.61 Å². The van der Waals surface area contributed by atoms with E-state index in [1.54, 1.807) is 18.2 Å². The lowest BCUT2D eigenvalue weighted by molar-refractivity contribution is -0.0518. The Morgan fingerprint density at radius 3 is 2.67 bits per heavy atom. The quantitative estimate of drug-likeness (QED) is 0.826. The number of methoxy groups -OCH3 is 1. The minimum Gasteiger partial charge on any atom is -0.493 e. The minimum absolute atomic E-state index is 0.131. The molecule has 21 heavy (non-hydrogen) atoms. The Morgan fingerprint density at radius 1 is 1.24 bits per heavy atom. The molecule has 1 aliphatic rings.